The Kier molecular flexibility index (Phi) is 1.83. The molecule has 0 saturated heterocycles. The molecule has 1 rings (SSSR count). The second-order valence-electron chi connectivity index (χ2n) is 1.99. The maximum absolute atomic E-state index is 11.8. The van der Waals surface area contributed by atoms with Crippen molar-refractivity contribution >= 4 is 12.4 Å². The molecule has 1 aliphatic rings. The monoisotopic (exact) mass is 143 g/mol. The molecule has 0 heterocycles. The van der Waals surface area contributed by atoms with Gasteiger partial charge >= 0.3 is 0 Å². The normalized spacial score (nSPS) is 40.5. The van der Waals surface area contributed by atoms with Crippen molar-refractivity contribution in [3.63, 3.8) is 0 Å². The Morgan fingerprint density at radius 1 is 1.50 bits per heavy atom. The first-order valence-electron chi connectivity index (χ1n) is 2.20. The lowest BCUT2D eigenvalue weighted by Crippen LogP contribution is -2.08. The van der Waals surface area contributed by atoms with Gasteiger partial charge in [-0.25, -0.2) is 8.78 Å². The van der Waals surface area contributed by atoms with Gasteiger partial charge in [0.2, 0.25) is 0 Å². The van der Waals surface area contributed by atoms with Crippen LogP contribution in [0.5, 0.6) is 0 Å². The predicted molar refractivity (Wildman–Crippen MR) is 29.3 cm³/mol. The lowest BCUT2D eigenvalue weighted by atomic mass is 10.5. The van der Waals surface area contributed by atoms with E-state index in [1.54, 1.807) is 0 Å². The smallest absolute Gasteiger partial charge is 0.267 e. The average molecular weight is 144 g/mol. The van der Waals surface area contributed by atoms with Crippen LogP contribution in [0.25, 0.3) is 0 Å². The Labute approximate surface area is 52.7 Å². The van der Waals surface area contributed by atoms with Gasteiger partial charge in [-0.15, -0.1) is 12.4 Å². The van der Waals surface area contributed by atoms with Crippen LogP contribution in [0, 0.1) is 5.92 Å². The van der Waals surface area contributed by atoms with Gasteiger partial charge in [0.25, 0.3) is 5.92 Å². The van der Waals surface area contributed by atoms with E-state index in [1.165, 1.54) is 6.92 Å². The number of hydrogen-bond acceptors (Lipinski definition) is 1. The van der Waals surface area contributed by atoms with Gasteiger partial charge in [-0.05, 0) is 0 Å². The Balaban J connectivity index is 0.000000490. The molecule has 0 spiro atoms. The van der Waals surface area contributed by atoms with E-state index in [0.29, 0.717) is 0 Å². The van der Waals surface area contributed by atoms with Crippen LogP contribution in [-0.2, 0) is 0 Å². The highest BCUT2D eigenvalue weighted by atomic mass is 35.5. The van der Waals surface area contributed by atoms with E-state index in [1.807, 2.05) is 0 Å². The van der Waals surface area contributed by atoms with Crippen LogP contribution in [-0.4, -0.2) is 12.0 Å². The van der Waals surface area contributed by atoms with Crippen LogP contribution in [0.15, 0.2) is 0 Å². The van der Waals surface area contributed by atoms with E-state index >= 15 is 0 Å². The zero-order valence-corrected chi connectivity index (χ0v) is 5.21. The maximum atomic E-state index is 11.8. The quantitative estimate of drug-likeness (QED) is 0.539. The molecule has 8 heavy (non-hydrogen) atoms. The minimum atomic E-state index is -2.56. The lowest BCUT2D eigenvalue weighted by molar-refractivity contribution is 0.0969. The molecule has 50 valence electrons. The second kappa shape index (κ2) is 1.81. The molecule has 0 radical (unpaired) electrons. The molecule has 0 unspecified atom stereocenters. The van der Waals surface area contributed by atoms with E-state index < -0.39 is 17.9 Å². The number of halogens is 3. The molecule has 1 aliphatic carbocycles. The van der Waals surface area contributed by atoms with Crippen molar-refractivity contribution in [1.82, 2.24) is 0 Å². The first-order valence-corrected chi connectivity index (χ1v) is 2.20. The van der Waals surface area contributed by atoms with Crippen molar-refractivity contribution in [2.75, 3.05) is 0 Å². The SMILES string of the molecule is C[C@@H]1[C@@H](N)C1(F)F.Cl. The minimum absolute atomic E-state index is 0. The first-order chi connectivity index (χ1) is 3.07. The van der Waals surface area contributed by atoms with E-state index in [-0.39, 0.29) is 12.4 Å². The van der Waals surface area contributed by atoms with Crippen molar-refractivity contribution in [3.8, 4) is 0 Å². The molecule has 0 aliphatic heterocycles. The van der Waals surface area contributed by atoms with Crippen LogP contribution in [0.1, 0.15) is 6.92 Å². The van der Waals surface area contributed by atoms with E-state index in [0.717, 1.165) is 0 Å². The van der Waals surface area contributed by atoms with Crippen molar-refractivity contribution in [3.05, 3.63) is 0 Å². The van der Waals surface area contributed by atoms with Crippen LogP contribution in [0.3, 0.4) is 0 Å². The van der Waals surface area contributed by atoms with Gasteiger partial charge in [0.05, 0.1) is 6.04 Å². The first kappa shape index (κ1) is 8.11. The summed E-state index contributed by atoms with van der Waals surface area (Å²) >= 11 is 0. The number of rotatable bonds is 0. The highest BCUT2D eigenvalue weighted by Gasteiger charge is 2.63. The van der Waals surface area contributed by atoms with Gasteiger partial charge in [0.15, 0.2) is 0 Å². The summed E-state index contributed by atoms with van der Waals surface area (Å²) in [6, 6.07) is -0.868. The minimum Gasteiger partial charge on any atom is -0.322 e. The average Bonchev–Trinajstić information content (AvgIpc) is 1.91. The van der Waals surface area contributed by atoms with E-state index in [2.05, 4.69) is 0 Å². The molecule has 0 bridgehead atoms. The standard InChI is InChI=1S/C4H7F2N.ClH/c1-2-3(7)4(2,5)6;/h2-3H,7H2,1H3;1H/t2-,3-;/m1./s1. The van der Waals surface area contributed by atoms with E-state index in [4.69, 9.17) is 5.73 Å². The number of alkyl halides is 2. The molecule has 0 aromatic carbocycles. The molecule has 0 aromatic rings. The summed E-state index contributed by atoms with van der Waals surface area (Å²) in [7, 11) is 0. The molecule has 1 nitrogen and oxygen atoms in total. The Bertz CT molecular complexity index is 86.0. The van der Waals surface area contributed by atoms with Crippen LogP contribution in [0.2, 0.25) is 0 Å². The van der Waals surface area contributed by atoms with Gasteiger partial charge in [0, 0.05) is 5.92 Å². The molecule has 1 saturated carbocycles. The van der Waals surface area contributed by atoms with Crippen LogP contribution >= 0.6 is 12.4 Å². The molecule has 4 heteroatoms. The summed E-state index contributed by atoms with van der Waals surface area (Å²) in [5, 5.41) is 0. The molecular weight excluding hydrogens is 136 g/mol. The molecule has 0 amide bonds. The topological polar surface area (TPSA) is 26.0 Å². The summed E-state index contributed by atoms with van der Waals surface area (Å²) in [5.41, 5.74) is 4.89. The van der Waals surface area contributed by atoms with Gasteiger partial charge in [-0.2, -0.15) is 0 Å². The Morgan fingerprint density at radius 3 is 1.62 bits per heavy atom. The Morgan fingerprint density at radius 2 is 1.62 bits per heavy atom. The largest absolute Gasteiger partial charge is 0.322 e. The van der Waals surface area contributed by atoms with Gasteiger partial charge < -0.3 is 5.73 Å². The zero-order chi connectivity index (χ0) is 5.65. The lowest BCUT2D eigenvalue weighted by Gasteiger charge is -1.83. The van der Waals surface area contributed by atoms with Gasteiger partial charge in [-0.3, -0.25) is 0 Å². The fraction of sp³-hybridized carbons (Fsp3) is 1.00. The highest BCUT2D eigenvalue weighted by molar-refractivity contribution is 5.85. The highest BCUT2D eigenvalue weighted by Crippen LogP contribution is 2.46. The zero-order valence-electron chi connectivity index (χ0n) is 4.40. The van der Waals surface area contributed by atoms with Gasteiger partial charge in [-0.1, -0.05) is 6.92 Å². The van der Waals surface area contributed by atoms with E-state index in [9.17, 15) is 8.78 Å². The molecule has 0 aromatic heterocycles. The molecule has 1 fully saturated rings. The van der Waals surface area contributed by atoms with Crippen molar-refractivity contribution < 1.29 is 8.78 Å². The third-order valence-corrected chi connectivity index (χ3v) is 1.48. The molecule has 2 atom stereocenters. The summed E-state index contributed by atoms with van der Waals surface area (Å²) in [6.07, 6.45) is 0. The van der Waals surface area contributed by atoms with Crippen molar-refractivity contribution in [2.24, 2.45) is 11.7 Å². The third kappa shape index (κ3) is 0.801. The third-order valence-electron chi connectivity index (χ3n) is 1.48. The summed E-state index contributed by atoms with van der Waals surface area (Å²) < 4.78 is 23.6. The van der Waals surface area contributed by atoms with Gasteiger partial charge in [0.1, 0.15) is 0 Å². The number of hydrogen-bond donors (Lipinski definition) is 1. The maximum Gasteiger partial charge on any atom is 0.267 e. The fourth-order valence-electron chi connectivity index (χ4n) is 0.510. The molecular formula is C4H8ClF2N. The predicted octanol–water partition coefficient (Wildman–Crippen LogP) is 1.02. The Hall–Kier alpha value is 0.110. The number of nitrogens with two attached hydrogens (primary N) is 1. The summed E-state index contributed by atoms with van der Waals surface area (Å²) in [6.45, 7) is 1.45. The van der Waals surface area contributed by atoms with Crippen molar-refractivity contribution in [2.45, 2.75) is 18.9 Å². The summed E-state index contributed by atoms with van der Waals surface area (Å²) in [4.78, 5) is 0. The molecule has 2 N–H and O–H groups in total. The summed E-state index contributed by atoms with van der Waals surface area (Å²) in [5.74, 6) is -3.15. The van der Waals surface area contributed by atoms with Crippen LogP contribution in [0.4, 0.5) is 8.78 Å². The fourth-order valence-corrected chi connectivity index (χ4v) is 0.510. The van der Waals surface area contributed by atoms with Crippen LogP contribution < -0.4 is 5.73 Å². The van der Waals surface area contributed by atoms with Crippen molar-refractivity contribution in [1.29, 1.82) is 0 Å². The second-order valence-corrected chi connectivity index (χ2v) is 1.99.